The SMILES string of the molecule is COc1ccc(CO[C@@H](CC(C)=O)C(C)C)cc1. The van der Waals surface area contributed by atoms with Gasteiger partial charge in [-0.15, -0.1) is 0 Å². The Hall–Kier alpha value is -1.35. The Bertz CT molecular complexity index is 368. The lowest BCUT2D eigenvalue weighted by Crippen LogP contribution is -2.22. The van der Waals surface area contributed by atoms with Gasteiger partial charge in [-0.3, -0.25) is 4.79 Å². The largest absolute Gasteiger partial charge is 0.497 e. The highest BCUT2D eigenvalue weighted by Crippen LogP contribution is 2.16. The predicted octanol–water partition coefficient (Wildman–Crippen LogP) is 3.22. The summed E-state index contributed by atoms with van der Waals surface area (Å²) in [4.78, 5) is 11.2. The van der Waals surface area contributed by atoms with E-state index in [1.165, 1.54) is 0 Å². The zero-order valence-corrected chi connectivity index (χ0v) is 11.6. The van der Waals surface area contributed by atoms with Crippen molar-refractivity contribution in [3.63, 3.8) is 0 Å². The molecule has 18 heavy (non-hydrogen) atoms. The van der Waals surface area contributed by atoms with Gasteiger partial charge in [0.15, 0.2) is 0 Å². The van der Waals surface area contributed by atoms with Crippen molar-refractivity contribution in [1.82, 2.24) is 0 Å². The van der Waals surface area contributed by atoms with Crippen LogP contribution in [0.2, 0.25) is 0 Å². The molecule has 0 radical (unpaired) electrons. The molecule has 100 valence electrons. The third-order valence-electron chi connectivity index (χ3n) is 2.86. The van der Waals surface area contributed by atoms with Gasteiger partial charge >= 0.3 is 0 Å². The van der Waals surface area contributed by atoms with Gasteiger partial charge in [0.05, 0.1) is 19.8 Å². The number of ketones is 1. The van der Waals surface area contributed by atoms with Gasteiger partial charge in [0, 0.05) is 6.42 Å². The van der Waals surface area contributed by atoms with E-state index in [1.807, 2.05) is 24.3 Å². The van der Waals surface area contributed by atoms with Crippen LogP contribution >= 0.6 is 0 Å². The van der Waals surface area contributed by atoms with Gasteiger partial charge in [-0.1, -0.05) is 26.0 Å². The molecule has 0 amide bonds. The fourth-order valence-corrected chi connectivity index (χ4v) is 1.70. The highest BCUT2D eigenvalue weighted by atomic mass is 16.5. The molecule has 1 aromatic rings. The molecule has 0 aliphatic heterocycles. The topological polar surface area (TPSA) is 35.5 Å². The Kier molecular flexibility index (Phi) is 5.86. The van der Waals surface area contributed by atoms with E-state index in [9.17, 15) is 4.79 Å². The van der Waals surface area contributed by atoms with Gasteiger partial charge in [-0.2, -0.15) is 0 Å². The minimum Gasteiger partial charge on any atom is -0.497 e. The first-order chi connectivity index (χ1) is 8.52. The van der Waals surface area contributed by atoms with E-state index in [0.717, 1.165) is 11.3 Å². The van der Waals surface area contributed by atoms with Crippen molar-refractivity contribution in [3.8, 4) is 5.75 Å². The predicted molar refractivity (Wildman–Crippen MR) is 71.7 cm³/mol. The first-order valence-corrected chi connectivity index (χ1v) is 6.27. The summed E-state index contributed by atoms with van der Waals surface area (Å²) >= 11 is 0. The van der Waals surface area contributed by atoms with E-state index >= 15 is 0 Å². The van der Waals surface area contributed by atoms with E-state index in [4.69, 9.17) is 9.47 Å². The Balaban J connectivity index is 2.52. The van der Waals surface area contributed by atoms with Crippen LogP contribution in [0.4, 0.5) is 0 Å². The van der Waals surface area contributed by atoms with E-state index in [2.05, 4.69) is 13.8 Å². The lowest BCUT2D eigenvalue weighted by molar-refractivity contribution is -0.121. The van der Waals surface area contributed by atoms with Crippen LogP contribution in [-0.2, 0) is 16.1 Å². The highest BCUT2D eigenvalue weighted by Gasteiger charge is 2.16. The summed E-state index contributed by atoms with van der Waals surface area (Å²) in [6.45, 7) is 6.27. The quantitative estimate of drug-likeness (QED) is 0.745. The van der Waals surface area contributed by atoms with E-state index < -0.39 is 0 Å². The second-order valence-electron chi connectivity index (χ2n) is 4.85. The summed E-state index contributed by atoms with van der Waals surface area (Å²) in [6, 6.07) is 7.77. The summed E-state index contributed by atoms with van der Waals surface area (Å²) in [5, 5.41) is 0. The summed E-state index contributed by atoms with van der Waals surface area (Å²) in [6.07, 6.45) is 0.470. The molecule has 0 unspecified atom stereocenters. The average molecular weight is 250 g/mol. The van der Waals surface area contributed by atoms with Crippen LogP contribution in [0.15, 0.2) is 24.3 Å². The maximum absolute atomic E-state index is 11.2. The molecule has 0 aliphatic carbocycles. The number of Topliss-reactive ketones (excluding diaryl/α,β-unsaturated/α-hetero) is 1. The van der Waals surface area contributed by atoms with E-state index in [1.54, 1.807) is 14.0 Å². The van der Waals surface area contributed by atoms with Crippen LogP contribution in [0.25, 0.3) is 0 Å². The van der Waals surface area contributed by atoms with Gasteiger partial charge < -0.3 is 9.47 Å². The molecule has 1 rings (SSSR count). The third-order valence-corrected chi connectivity index (χ3v) is 2.86. The lowest BCUT2D eigenvalue weighted by Gasteiger charge is -2.20. The molecule has 1 atom stereocenters. The Morgan fingerprint density at radius 2 is 1.83 bits per heavy atom. The van der Waals surface area contributed by atoms with Crippen LogP contribution in [-0.4, -0.2) is 19.0 Å². The fourth-order valence-electron chi connectivity index (χ4n) is 1.70. The molecular formula is C15H22O3. The average Bonchev–Trinajstić information content (AvgIpc) is 2.34. The normalized spacial score (nSPS) is 12.5. The highest BCUT2D eigenvalue weighted by molar-refractivity contribution is 5.76. The molecule has 0 spiro atoms. The van der Waals surface area contributed by atoms with Gasteiger partial charge in [0.1, 0.15) is 11.5 Å². The van der Waals surface area contributed by atoms with Gasteiger partial charge in [0.2, 0.25) is 0 Å². The van der Waals surface area contributed by atoms with Crippen LogP contribution in [0, 0.1) is 5.92 Å². The molecular weight excluding hydrogens is 228 g/mol. The second-order valence-corrected chi connectivity index (χ2v) is 4.85. The lowest BCUT2D eigenvalue weighted by atomic mass is 10.0. The zero-order valence-electron chi connectivity index (χ0n) is 11.6. The van der Waals surface area contributed by atoms with Crippen molar-refractivity contribution in [2.75, 3.05) is 7.11 Å². The molecule has 1 aromatic carbocycles. The van der Waals surface area contributed by atoms with Crippen LogP contribution in [0.5, 0.6) is 5.75 Å². The van der Waals surface area contributed by atoms with Crippen LogP contribution in [0.1, 0.15) is 32.8 Å². The summed E-state index contributed by atoms with van der Waals surface area (Å²) in [5.74, 6) is 1.35. The van der Waals surface area contributed by atoms with Gasteiger partial charge in [-0.05, 0) is 30.5 Å². The molecule has 3 heteroatoms. The van der Waals surface area contributed by atoms with Crippen molar-refractivity contribution in [1.29, 1.82) is 0 Å². The molecule has 0 N–H and O–H groups in total. The minimum absolute atomic E-state index is 0.00963. The molecule has 3 nitrogen and oxygen atoms in total. The number of ether oxygens (including phenoxy) is 2. The number of rotatable bonds is 7. The summed E-state index contributed by atoms with van der Waals surface area (Å²) in [5.41, 5.74) is 1.09. The Morgan fingerprint density at radius 3 is 2.28 bits per heavy atom. The molecule has 0 fully saturated rings. The Morgan fingerprint density at radius 1 is 1.22 bits per heavy atom. The zero-order chi connectivity index (χ0) is 13.5. The molecule has 0 aromatic heterocycles. The van der Waals surface area contributed by atoms with E-state index in [-0.39, 0.29) is 11.9 Å². The van der Waals surface area contributed by atoms with Crippen molar-refractivity contribution >= 4 is 5.78 Å². The molecule has 0 saturated heterocycles. The first-order valence-electron chi connectivity index (χ1n) is 6.27. The number of carbonyl (C=O) groups excluding carboxylic acids is 1. The Labute approximate surface area is 109 Å². The monoisotopic (exact) mass is 250 g/mol. The maximum Gasteiger partial charge on any atom is 0.132 e. The smallest absolute Gasteiger partial charge is 0.132 e. The van der Waals surface area contributed by atoms with Crippen molar-refractivity contribution in [3.05, 3.63) is 29.8 Å². The molecule has 0 bridgehead atoms. The van der Waals surface area contributed by atoms with E-state index in [0.29, 0.717) is 18.9 Å². The minimum atomic E-state index is -0.00963. The van der Waals surface area contributed by atoms with Crippen molar-refractivity contribution < 1.29 is 14.3 Å². The first kappa shape index (κ1) is 14.7. The molecule has 0 saturated carbocycles. The standard InChI is InChI=1S/C15H22O3/c1-11(2)15(9-12(3)16)18-10-13-5-7-14(17-4)8-6-13/h5-8,11,15H,9-10H2,1-4H3/t15-/m0/s1. The molecule has 0 heterocycles. The number of benzene rings is 1. The number of hydrogen-bond donors (Lipinski definition) is 0. The molecule has 0 aliphatic rings. The van der Waals surface area contributed by atoms with Crippen LogP contribution < -0.4 is 4.74 Å². The fraction of sp³-hybridized carbons (Fsp3) is 0.533. The number of methoxy groups -OCH3 is 1. The van der Waals surface area contributed by atoms with Crippen molar-refractivity contribution in [2.45, 2.75) is 39.9 Å². The summed E-state index contributed by atoms with van der Waals surface area (Å²) < 4.78 is 10.9. The van der Waals surface area contributed by atoms with Gasteiger partial charge in [0.25, 0.3) is 0 Å². The van der Waals surface area contributed by atoms with Gasteiger partial charge in [-0.25, -0.2) is 0 Å². The summed E-state index contributed by atoms with van der Waals surface area (Å²) in [7, 11) is 1.65. The third kappa shape index (κ3) is 4.88. The second kappa shape index (κ2) is 7.17. The number of hydrogen-bond acceptors (Lipinski definition) is 3. The number of carbonyl (C=O) groups is 1. The maximum atomic E-state index is 11.2. The van der Waals surface area contributed by atoms with Crippen LogP contribution in [0.3, 0.4) is 0 Å². The van der Waals surface area contributed by atoms with Crippen molar-refractivity contribution in [2.24, 2.45) is 5.92 Å².